The fourth-order valence-corrected chi connectivity index (χ4v) is 8.74. The van der Waals surface area contributed by atoms with Crippen LogP contribution in [-0.2, 0) is 0 Å². The van der Waals surface area contributed by atoms with Gasteiger partial charge in [0.15, 0.2) is 5.58 Å². The van der Waals surface area contributed by atoms with Gasteiger partial charge in [0.2, 0.25) is 0 Å². The van der Waals surface area contributed by atoms with E-state index in [1.807, 2.05) is 53.8 Å². The number of thiophene rings is 1. The summed E-state index contributed by atoms with van der Waals surface area (Å²) in [6.07, 6.45) is 0. The molecular weight excluding hydrogens is 621 g/mol. The maximum absolute atomic E-state index is 6.26. The minimum atomic E-state index is 0.666. The summed E-state index contributed by atoms with van der Waals surface area (Å²) in [5.74, 6) is 1.38. The van der Waals surface area contributed by atoms with Crippen molar-refractivity contribution >= 4 is 80.7 Å². The Morgan fingerprint density at radius 1 is 0.551 bits per heavy atom. The molecule has 0 saturated carbocycles. The van der Waals surface area contributed by atoms with E-state index in [2.05, 4.69) is 114 Å². The Kier molecular flexibility index (Phi) is 5.48. The maximum atomic E-state index is 6.26. The van der Waals surface area contributed by atoms with Crippen LogP contribution in [0.25, 0.3) is 97.8 Å². The lowest BCUT2D eigenvalue weighted by Gasteiger charge is -2.09. The van der Waals surface area contributed by atoms with Gasteiger partial charge in [0, 0.05) is 26.2 Å². The number of rotatable bonds is 3. The van der Waals surface area contributed by atoms with E-state index in [-0.39, 0.29) is 0 Å². The third-order valence-corrected chi connectivity index (χ3v) is 10.9. The van der Waals surface area contributed by atoms with Crippen LogP contribution >= 0.6 is 11.3 Å². The second kappa shape index (κ2) is 10.1. The topological polar surface area (TPSA) is 48.0 Å². The van der Waals surface area contributed by atoms with Gasteiger partial charge in [-0.1, -0.05) is 107 Å². The van der Waals surface area contributed by atoms with Crippen LogP contribution in [0.3, 0.4) is 0 Å². The van der Waals surface area contributed by atoms with E-state index in [1.165, 1.54) is 58.4 Å². The molecule has 0 spiro atoms. The summed E-state index contributed by atoms with van der Waals surface area (Å²) in [6.45, 7) is 0. The second-order valence-corrected chi connectivity index (χ2v) is 13.5. The zero-order valence-electron chi connectivity index (χ0n) is 26.0. The average Bonchev–Trinajstić information content (AvgIpc) is 3.84. The lowest BCUT2D eigenvalue weighted by Crippen LogP contribution is -2.25. The zero-order chi connectivity index (χ0) is 32.1. The second-order valence-electron chi connectivity index (χ2n) is 12.4. The number of nitrogens with zero attached hydrogens (tertiary/aromatic N) is 4. The minimum Gasteiger partial charge on any atom is -0.316 e. The molecule has 0 aliphatic heterocycles. The summed E-state index contributed by atoms with van der Waals surface area (Å²) in [5.41, 5.74) is 7.06. The van der Waals surface area contributed by atoms with Crippen molar-refractivity contribution in [1.29, 1.82) is 0 Å². The molecule has 228 valence electrons. The first-order valence-electron chi connectivity index (χ1n) is 16.3. The molecule has 0 atom stereocenters. The standard InChI is InChI=1S/C43H25N4OS/c1-2-12-27(13-3-1)42-44-41(45-43-33-16-7-9-20-37(33)48-47(42)43)28-21-23-30-31-17-10-19-36(40(31)49-38(30)25-28)46-34-18-8-6-15-32(34)39-29-14-5-4-11-26(29)22-24-35(39)46/h1-25H/q+1. The van der Waals surface area contributed by atoms with Gasteiger partial charge < -0.3 is 9.09 Å². The van der Waals surface area contributed by atoms with E-state index in [0.29, 0.717) is 5.82 Å². The number of para-hydroxylation sites is 2. The Morgan fingerprint density at radius 3 is 2.24 bits per heavy atom. The highest BCUT2D eigenvalue weighted by molar-refractivity contribution is 7.26. The van der Waals surface area contributed by atoms with Gasteiger partial charge in [0.25, 0.3) is 0 Å². The summed E-state index contributed by atoms with van der Waals surface area (Å²) in [5, 5.41) is 8.51. The molecule has 0 radical (unpaired) electrons. The van der Waals surface area contributed by atoms with Crippen LogP contribution in [0.4, 0.5) is 0 Å². The number of hydrogen-bond acceptors (Lipinski definition) is 4. The van der Waals surface area contributed by atoms with E-state index in [4.69, 9.17) is 14.5 Å². The molecule has 4 aromatic heterocycles. The molecule has 0 N–H and O–H groups in total. The number of benzene rings is 7. The lowest BCUT2D eigenvalue weighted by molar-refractivity contribution is -0.706. The van der Waals surface area contributed by atoms with Gasteiger partial charge in [0.05, 0.1) is 32.5 Å². The number of hydrogen-bond donors (Lipinski definition) is 0. The van der Waals surface area contributed by atoms with E-state index < -0.39 is 0 Å². The molecular formula is C43H25N4OS+. The van der Waals surface area contributed by atoms with Crippen LogP contribution in [0.1, 0.15) is 0 Å². The van der Waals surface area contributed by atoms with Crippen molar-refractivity contribution in [3.8, 4) is 28.5 Å². The SMILES string of the molecule is c1ccc(-c2nc(-c3ccc4c(c3)sc3c(-n5c6ccccc6c6c7ccccc7ccc65)cccc34)nc3c4ccccc4o[n+]23)cc1. The Bertz CT molecular complexity index is 3120. The lowest BCUT2D eigenvalue weighted by atomic mass is 10.0. The Morgan fingerprint density at radius 2 is 1.33 bits per heavy atom. The third-order valence-electron chi connectivity index (χ3n) is 9.70. The molecule has 0 unspecified atom stereocenters. The molecule has 0 fully saturated rings. The predicted molar refractivity (Wildman–Crippen MR) is 201 cm³/mol. The van der Waals surface area contributed by atoms with E-state index in [0.717, 1.165) is 33.6 Å². The molecule has 0 saturated heterocycles. The fourth-order valence-electron chi connectivity index (χ4n) is 7.50. The van der Waals surface area contributed by atoms with Crippen molar-refractivity contribution in [2.45, 2.75) is 0 Å². The predicted octanol–water partition coefficient (Wildman–Crippen LogP) is 10.9. The van der Waals surface area contributed by atoms with E-state index in [1.54, 1.807) is 4.57 Å². The highest BCUT2D eigenvalue weighted by atomic mass is 32.1. The molecule has 4 heterocycles. The van der Waals surface area contributed by atoms with E-state index in [9.17, 15) is 0 Å². The first-order valence-corrected chi connectivity index (χ1v) is 17.2. The molecule has 11 aromatic rings. The Labute approximate surface area is 283 Å². The molecule has 7 aromatic carbocycles. The molecule has 6 heteroatoms. The molecule has 0 aliphatic carbocycles. The summed E-state index contributed by atoms with van der Waals surface area (Å²) in [7, 11) is 0. The van der Waals surface area contributed by atoms with Crippen LogP contribution in [0.2, 0.25) is 0 Å². The summed E-state index contributed by atoms with van der Waals surface area (Å²) in [6, 6.07) is 53.4. The highest BCUT2D eigenvalue weighted by Crippen LogP contribution is 2.43. The molecule has 49 heavy (non-hydrogen) atoms. The largest absolute Gasteiger partial charge is 0.316 e. The first-order chi connectivity index (χ1) is 24.3. The third kappa shape index (κ3) is 3.83. The molecule has 11 rings (SSSR count). The maximum Gasteiger partial charge on any atom is 0.316 e. The van der Waals surface area contributed by atoms with E-state index >= 15 is 0 Å². The van der Waals surface area contributed by atoms with Gasteiger partial charge in [-0.3, -0.25) is 0 Å². The molecule has 0 aliphatic rings. The minimum absolute atomic E-state index is 0.666. The number of fused-ring (bicyclic) bond motifs is 11. The van der Waals surface area contributed by atoms with Gasteiger partial charge in [-0.05, 0) is 69.9 Å². The van der Waals surface area contributed by atoms with Crippen LogP contribution in [0, 0.1) is 0 Å². The van der Waals surface area contributed by atoms with Gasteiger partial charge >= 0.3 is 17.3 Å². The van der Waals surface area contributed by atoms with Crippen LogP contribution in [-0.4, -0.2) is 14.5 Å². The van der Waals surface area contributed by atoms with Crippen molar-refractivity contribution in [3.63, 3.8) is 0 Å². The normalized spacial score (nSPS) is 12.1. The Hall–Kier alpha value is -6.37. The first kappa shape index (κ1) is 26.7. The van der Waals surface area contributed by atoms with Gasteiger partial charge in [-0.25, -0.2) is 0 Å². The van der Waals surface area contributed by atoms with Crippen molar-refractivity contribution in [1.82, 2.24) is 14.5 Å². The number of aromatic nitrogens is 4. The van der Waals surface area contributed by atoms with Gasteiger partial charge in [-0.15, -0.1) is 11.3 Å². The molecule has 0 bridgehead atoms. The summed E-state index contributed by atoms with van der Waals surface area (Å²) < 4.78 is 12.9. The van der Waals surface area contributed by atoms with Crippen LogP contribution in [0.5, 0.6) is 0 Å². The average molecular weight is 646 g/mol. The van der Waals surface area contributed by atoms with Crippen molar-refractivity contribution in [2.75, 3.05) is 0 Å². The summed E-state index contributed by atoms with van der Waals surface area (Å²) >= 11 is 1.82. The fraction of sp³-hybridized carbons (Fsp3) is 0. The zero-order valence-corrected chi connectivity index (χ0v) is 26.9. The quantitative estimate of drug-likeness (QED) is 0.180. The van der Waals surface area contributed by atoms with Crippen molar-refractivity contribution < 1.29 is 9.10 Å². The monoisotopic (exact) mass is 645 g/mol. The smallest absolute Gasteiger partial charge is 0.316 e. The van der Waals surface area contributed by atoms with Crippen molar-refractivity contribution in [2.24, 2.45) is 0 Å². The van der Waals surface area contributed by atoms with Gasteiger partial charge in [-0.2, -0.15) is 0 Å². The Balaban J connectivity index is 1.15. The van der Waals surface area contributed by atoms with Crippen molar-refractivity contribution in [3.05, 3.63) is 152 Å². The van der Waals surface area contributed by atoms with Crippen LogP contribution < -0.4 is 4.57 Å². The van der Waals surface area contributed by atoms with Gasteiger partial charge in [0.1, 0.15) is 5.39 Å². The summed E-state index contributed by atoms with van der Waals surface area (Å²) in [4.78, 5) is 10.2. The van der Waals surface area contributed by atoms with Crippen LogP contribution in [0.15, 0.2) is 156 Å². The highest BCUT2D eigenvalue weighted by Gasteiger charge is 2.26. The molecule has 5 nitrogen and oxygen atoms in total. The molecule has 0 amide bonds.